The van der Waals surface area contributed by atoms with Crippen molar-refractivity contribution < 1.29 is 18.9 Å². The smallest absolute Gasteiger partial charge is 0.321 e. The first-order chi connectivity index (χ1) is 14.4. The van der Waals surface area contributed by atoms with Crippen LogP contribution in [0.15, 0.2) is 48.5 Å². The molecule has 0 bridgehead atoms. The molecule has 10 heteroatoms. The third-order valence-corrected chi connectivity index (χ3v) is 6.89. The number of rotatable bonds is 3. The molecule has 2 aliphatic heterocycles. The van der Waals surface area contributed by atoms with E-state index in [-0.39, 0.29) is 23.4 Å². The molecule has 3 amide bonds. The van der Waals surface area contributed by atoms with E-state index in [1.54, 1.807) is 33.7 Å². The molecule has 30 heavy (non-hydrogen) atoms. The summed E-state index contributed by atoms with van der Waals surface area (Å²) in [6.07, 6.45) is 1.18. The Labute approximate surface area is 176 Å². The lowest BCUT2D eigenvalue weighted by Gasteiger charge is -2.43. The van der Waals surface area contributed by atoms with E-state index in [0.29, 0.717) is 43.1 Å². The minimum absolute atomic E-state index is 0.0182. The Hall–Kier alpha value is -3.14. The van der Waals surface area contributed by atoms with Crippen LogP contribution in [0.4, 0.5) is 26.2 Å². The molecule has 2 aromatic carbocycles. The number of benzene rings is 2. The van der Waals surface area contributed by atoms with Crippen LogP contribution in [0.3, 0.4) is 0 Å². The molecule has 8 nitrogen and oxygen atoms in total. The van der Waals surface area contributed by atoms with E-state index in [1.807, 2.05) is 0 Å². The van der Waals surface area contributed by atoms with Gasteiger partial charge in [-0.1, -0.05) is 0 Å². The van der Waals surface area contributed by atoms with E-state index in [1.165, 1.54) is 36.4 Å². The van der Waals surface area contributed by atoms with Crippen LogP contribution in [0.5, 0.6) is 0 Å². The predicted octanol–water partition coefficient (Wildman–Crippen LogP) is 3.84. The van der Waals surface area contributed by atoms with Crippen LogP contribution in [0, 0.1) is 15.9 Å². The van der Waals surface area contributed by atoms with Gasteiger partial charge in [0.05, 0.1) is 15.5 Å². The van der Waals surface area contributed by atoms with E-state index in [4.69, 9.17) is 0 Å². The third kappa shape index (κ3) is 3.82. The number of halogens is 1. The largest absolute Gasteiger partial charge is 0.324 e. The number of amides is 3. The van der Waals surface area contributed by atoms with Crippen LogP contribution in [-0.4, -0.2) is 45.5 Å². The molecular formula is C20H19FN4O4S. The van der Waals surface area contributed by atoms with Gasteiger partial charge in [-0.25, -0.2) is 9.18 Å². The first kappa shape index (κ1) is 20.1. The molecule has 2 aromatic rings. The van der Waals surface area contributed by atoms with Gasteiger partial charge in [-0.3, -0.25) is 19.8 Å². The Morgan fingerprint density at radius 1 is 1.10 bits per heavy atom. The highest BCUT2D eigenvalue weighted by molar-refractivity contribution is 8.02. The summed E-state index contributed by atoms with van der Waals surface area (Å²) in [5, 5.41) is 13.5. The third-order valence-electron chi connectivity index (χ3n) is 5.37. The first-order valence-corrected chi connectivity index (χ1v) is 10.4. The van der Waals surface area contributed by atoms with Crippen molar-refractivity contribution in [2.45, 2.75) is 17.7 Å². The number of carbonyl (C=O) groups excluding carboxylic acids is 2. The van der Waals surface area contributed by atoms with Gasteiger partial charge in [0.2, 0.25) is 5.91 Å². The molecule has 0 atom stereocenters. The highest BCUT2D eigenvalue weighted by Crippen LogP contribution is 2.46. The van der Waals surface area contributed by atoms with Crippen molar-refractivity contribution in [2.24, 2.45) is 0 Å². The molecule has 1 N–H and O–H groups in total. The van der Waals surface area contributed by atoms with Crippen molar-refractivity contribution in [3.05, 3.63) is 64.5 Å². The lowest BCUT2D eigenvalue weighted by Crippen LogP contribution is -2.53. The van der Waals surface area contributed by atoms with Crippen molar-refractivity contribution in [1.29, 1.82) is 0 Å². The number of nitro groups is 1. The maximum atomic E-state index is 13.3. The number of likely N-dealkylation sites (tertiary alicyclic amines) is 1. The van der Waals surface area contributed by atoms with Crippen LogP contribution < -0.4 is 10.2 Å². The summed E-state index contributed by atoms with van der Waals surface area (Å²) >= 11 is 1.56. The number of hydrogen-bond acceptors (Lipinski definition) is 5. The molecule has 2 heterocycles. The summed E-state index contributed by atoms with van der Waals surface area (Å²) in [7, 11) is 0. The number of anilines is 2. The van der Waals surface area contributed by atoms with Gasteiger partial charge in [-0.05, 0) is 49.2 Å². The Bertz CT molecular complexity index is 975. The van der Waals surface area contributed by atoms with Gasteiger partial charge in [0.1, 0.15) is 5.82 Å². The number of carbonyl (C=O) groups is 2. The topological polar surface area (TPSA) is 95.8 Å². The van der Waals surface area contributed by atoms with Crippen LogP contribution >= 0.6 is 11.8 Å². The molecule has 4 rings (SSSR count). The second-order valence-electron chi connectivity index (χ2n) is 7.16. The Kier molecular flexibility index (Phi) is 5.33. The van der Waals surface area contributed by atoms with Crippen LogP contribution in [-0.2, 0) is 4.79 Å². The van der Waals surface area contributed by atoms with Gasteiger partial charge in [0, 0.05) is 36.6 Å². The Morgan fingerprint density at radius 2 is 1.73 bits per heavy atom. The summed E-state index contributed by atoms with van der Waals surface area (Å²) in [5.74, 6) is -0.0213. The fourth-order valence-electron chi connectivity index (χ4n) is 3.82. The van der Waals surface area contributed by atoms with Crippen molar-refractivity contribution in [2.75, 3.05) is 29.1 Å². The molecule has 0 aromatic heterocycles. The number of non-ortho nitro benzene ring substituents is 1. The van der Waals surface area contributed by atoms with Crippen molar-refractivity contribution in [3.63, 3.8) is 0 Å². The van der Waals surface area contributed by atoms with E-state index in [2.05, 4.69) is 5.32 Å². The second kappa shape index (κ2) is 7.94. The molecule has 0 radical (unpaired) electrons. The summed E-state index contributed by atoms with van der Waals surface area (Å²) < 4.78 is 13.3. The van der Waals surface area contributed by atoms with Crippen LogP contribution in [0.2, 0.25) is 0 Å². The summed E-state index contributed by atoms with van der Waals surface area (Å²) in [6, 6.07) is 11.2. The van der Waals surface area contributed by atoms with Crippen molar-refractivity contribution in [3.8, 4) is 0 Å². The van der Waals surface area contributed by atoms with E-state index >= 15 is 0 Å². The predicted molar refractivity (Wildman–Crippen MR) is 112 cm³/mol. The Balaban J connectivity index is 1.42. The number of hydrogen-bond donors (Lipinski definition) is 1. The molecule has 0 unspecified atom stereocenters. The molecular weight excluding hydrogens is 411 g/mol. The Morgan fingerprint density at radius 3 is 2.33 bits per heavy atom. The average molecular weight is 430 g/mol. The zero-order valence-corrected chi connectivity index (χ0v) is 16.7. The van der Waals surface area contributed by atoms with E-state index in [9.17, 15) is 24.1 Å². The molecule has 1 spiro atoms. The van der Waals surface area contributed by atoms with Gasteiger partial charge in [0.25, 0.3) is 5.69 Å². The van der Waals surface area contributed by atoms with E-state index in [0.717, 1.165) is 0 Å². The molecule has 2 aliphatic rings. The zero-order valence-electron chi connectivity index (χ0n) is 15.9. The SMILES string of the molecule is O=C(Nc1ccc([N+](=O)[O-])cc1)N1CCC2(CC1)SCC(=O)N2c1ccc(F)cc1. The maximum Gasteiger partial charge on any atom is 0.321 e. The molecule has 2 saturated heterocycles. The highest BCUT2D eigenvalue weighted by atomic mass is 32.2. The summed E-state index contributed by atoms with van der Waals surface area (Å²) in [5.41, 5.74) is 1.09. The minimum atomic E-state index is -0.497. The normalized spacial score (nSPS) is 18.0. The number of thioether (sulfide) groups is 1. The summed E-state index contributed by atoms with van der Waals surface area (Å²) in [6.45, 7) is 0.910. The minimum Gasteiger partial charge on any atom is -0.324 e. The quantitative estimate of drug-likeness (QED) is 0.590. The van der Waals surface area contributed by atoms with Crippen molar-refractivity contribution in [1.82, 2.24) is 4.90 Å². The number of nitrogens with one attached hydrogen (secondary N) is 1. The molecule has 2 fully saturated rings. The van der Waals surface area contributed by atoms with Crippen LogP contribution in [0.1, 0.15) is 12.8 Å². The molecule has 0 aliphatic carbocycles. The lowest BCUT2D eigenvalue weighted by molar-refractivity contribution is -0.384. The molecule has 0 saturated carbocycles. The average Bonchev–Trinajstić information content (AvgIpc) is 3.05. The van der Waals surface area contributed by atoms with Crippen molar-refractivity contribution >= 4 is 40.8 Å². The zero-order chi connectivity index (χ0) is 21.3. The van der Waals surface area contributed by atoms with Gasteiger partial charge >= 0.3 is 6.03 Å². The highest BCUT2D eigenvalue weighted by Gasteiger charge is 2.49. The number of nitrogens with zero attached hydrogens (tertiary/aromatic N) is 3. The molecule has 156 valence electrons. The lowest BCUT2D eigenvalue weighted by atomic mass is 10.0. The fraction of sp³-hybridized carbons (Fsp3) is 0.300. The number of nitro benzene ring substituents is 1. The number of urea groups is 1. The van der Waals surface area contributed by atoms with Gasteiger partial charge in [-0.2, -0.15) is 0 Å². The first-order valence-electron chi connectivity index (χ1n) is 9.41. The van der Waals surface area contributed by atoms with Crippen LogP contribution in [0.25, 0.3) is 0 Å². The van der Waals surface area contributed by atoms with E-state index < -0.39 is 9.79 Å². The second-order valence-corrected chi connectivity index (χ2v) is 8.50. The van der Waals surface area contributed by atoms with Gasteiger partial charge in [-0.15, -0.1) is 11.8 Å². The number of piperidine rings is 1. The summed E-state index contributed by atoms with van der Waals surface area (Å²) in [4.78, 5) is 38.3. The van der Waals surface area contributed by atoms with Gasteiger partial charge in [0.15, 0.2) is 0 Å². The fourth-order valence-corrected chi connectivity index (χ4v) is 5.15. The maximum absolute atomic E-state index is 13.3. The van der Waals surface area contributed by atoms with Gasteiger partial charge < -0.3 is 10.2 Å². The standard InChI is InChI=1S/C20H19FN4O4S/c21-14-1-5-16(6-2-14)24-18(26)13-30-20(24)9-11-23(12-10-20)19(27)22-15-3-7-17(8-4-15)25(28)29/h1-8H,9-13H2,(H,22,27). The monoisotopic (exact) mass is 430 g/mol.